The Balaban J connectivity index is 1.74. The Morgan fingerprint density at radius 2 is 1.59 bits per heavy atom. The number of hydrogen-bond donors (Lipinski definition) is 0. The standard InChI is InChI=1S/C26H19FO2/c1-28-20-13-11-19(12-14-20)26(23-8-4-5-9-24(23)27)17-16-22-21-7-3-2-6-18(21)10-15-25(22)29-26/h2-17H,1H3. The maximum atomic E-state index is 14.9. The second kappa shape index (κ2) is 6.78. The molecule has 142 valence electrons. The van der Waals surface area contributed by atoms with E-state index < -0.39 is 5.60 Å². The van der Waals surface area contributed by atoms with Crippen LogP contribution in [0.1, 0.15) is 16.7 Å². The van der Waals surface area contributed by atoms with Crippen LogP contribution in [0.3, 0.4) is 0 Å². The van der Waals surface area contributed by atoms with E-state index in [0.717, 1.165) is 33.4 Å². The average Bonchev–Trinajstić information content (AvgIpc) is 2.79. The van der Waals surface area contributed by atoms with E-state index >= 15 is 0 Å². The highest BCUT2D eigenvalue weighted by atomic mass is 19.1. The van der Waals surface area contributed by atoms with E-state index in [1.807, 2.05) is 66.7 Å². The van der Waals surface area contributed by atoms with E-state index in [0.29, 0.717) is 5.56 Å². The first-order valence-electron chi connectivity index (χ1n) is 9.51. The normalized spacial score (nSPS) is 17.6. The molecule has 2 nitrogen and oxygen atoms in total. The average molecular weight is 382 g/mol. The SMILES string of the molecule is COc1ccc(C2(c3ccccc3F)C=Cc3c(ccc4ccccc34)O2)cc1. The van der Waals surface area contributed by atoms with Gasteiger partial charge in [0.2, 0.25) is 0 Å². The topological polar surface area (TPSA) is 18.5 Å². The van der Waals surface area contributed by atoms with E-state index in [1.165, 1.54) is 6.07 Å². The first-order chi connectivity index (χ1) is 14.2. The van der Waals surface area contributed by atoms with Crippen molar-refractivity contribution in [2.45, 2.75) is 5.60 Å². The molecule has 1 atom stereocenters. The zero-order valence-electron chi connectivity index (χ0n) is 15.9. The van der Waals surface area contributed by atoms with E-state index in [9.17, 15) is 4.39 Å². The van der Waals surface area contributed by atoms with Crippen LogP contribution in [0.5, 0.6) is 11.5 Å². The van der Waals surface area contributed by atoms with Crippen LogP contribution in [0.25, 0.3) is 16.8 Å². The predicted octanol–water partition coefficient (Wildman–Crippen LogP) is 6.34. The van der Waals surface area contributed by atoms with Gasteiger partial charge < -0.3 is 9.47 Å². The number of hydrogen-bond acceptors (Lipinski definition) is 2. The first kappa shape index (κ1) is 17.5. The lowest BCUT2D eigenvalue weighted by Crippen LogP contribution is -2.35. The third-order valence-electron chi connectivity index (χ3n) is 5.48. The van der Waals surface area contributed by atoms with Crippen LogP contribution in [0, 0.1) is 5.82 Å². The van der Waals surface area contributed by atoms with Crippen molar-refractivity contribution in [3.05, 3.63) is 114 Å². The maximum Gasteiger partial charge on any atom is 0.180 e. The van der Waals surface area contributed by atoms with Gasteiger partial charge in [-0.1, -0.05) is 60.7 Å². The highest BCUT2D eigenvalue weighted by Gasteiger charge is 2.39. The summed E-state index contributed by atoms with van der Waals surface area (Å²) in [5.74, 6) is 1.16. The van der Waals surface area contributed by atoms with Crippen LogP contribution < -0.4 is 9.47 Å². The molecule has 0 saturated heterocycles. The van der Waals surface area contributed by atoms with Crippen molar-refractivity contribution < 1.29 is 13.9 Å². The summed E-state index contributed by atoms with van der Waals surface area (Å²) in [7, 11) is 1.63. The van der Waals surface area contributed by atoms with Crippen molar-refractivity contribution in [2.24, 2.45) is 0 Å². The molecule has 0 bridgehead atoms. The highest BCUT2D eigenvalue weighted by Crippen LogP contribution is 2.45. The number of halogens is 1. The van der Waals surface area contributed by atoms with Gasteiger partial charge in [0.1, 0.15) is 17.3 Å². The summed E-state index contributed by atoms with van der Waals surface area (Å²) in [6, 6.07) is 26.5. The predicted molar refractivity (Wildman–Crippen MR) is 114 cm³/mol. The van der Waals surface area contributed by atoms with Gasteiger partial charge in [-0.05, 0) is 47.2 Å². The molecule has 0 spiro atoms. The summed E-state index contributed by atoms with van der Waals surface area (Å²) in [4.78, 5) is 0. The molecule has 0 radical (unpaired) electrons. The first-order valence-corrected chi connectivity index (χ1v) is 9.51. The van der Waals surface area contributed by atoms with Crippen LogP contribution in [0.2, 0.25) is 0 Å². The van der Waals surface area contributed by atoms with Gasteiger partial charge in [-0.25, -0.2) is 4.39 Å². The fourth-order valence-corrected chi connectivity index (χ4v) is 4.00. The molecule has 0 saturated carbocycles. The Morgan fingerprint density at radius 1 is 0.828 bits per heavy atom. The number of rotatable bonds is 3. The zero-order valence-corrected chi connectivity index (χ0v) is 15.9. The van der Waals surface area contributed by atoms with Crippen molar-refractivity contribution in [3.63, 3.8) is 0 Å². The summed E-state index contributed by atoms with van der Waals surface area (Å²) in [6.45, 7) is 0. The molecule has 1 heterocycles. The minimum absolute atomic E-state index is 0.308. The Bertz CT molecular complexity index is 1230. The molecule has 1 aliphatic rings. The van der Waals surface area contributed by atoms with Gasteiger partial charge in [-0.15, -0.1) is 0 Å². The third-order valence-corrected chi connectivity index (χ3v) is 5.48. The Kier molecular flexibility index (Phi) is 4.09. The fraction of sp³-hybridized carbons (Fsp3) is 0.0769. The number of ether oxygens (including phenoxy) is 2. The van der Waals surface area contributed by atoms with Gasteiger partial charge in [0.25, 0.3) is 0 Å². The molecule has 0 aliphatic carbocycles. The molecule has 1 unspecified atom stereocenters. The van der Waals surface area contributed by atoms with Crippen LogP contribution in [0.15, 0.2) is 91.0 Å². The number of fused-ring (bicyclic) bond motifs is 3. The molecule has 4 aromatic rings. The summed E-state index contributed by atoms with van der Waals surface area (Å²) >= 11 is 0. The maximum absolute atomic E-state index is 14.9. The second-order valence-corrected chi connectivity index (χ2v) is 7.08. The molecule has 1 aliphatic heterocycles. The summed E-state index contributed by atoms with van der Waals surface area (Å²) < 4.78 is 26.8. The van der Waals surface area contributed by atoms with Crippen LogP contribution in [-0.2, 0) is 5.60 Å². The summed E-state index contributed by atoms with van der Waals surface area (Å²) in [5.41, 5.74) is 1.25. The van der Waals surface area contributed by atoms with Crippen molar-refractivity contribution in [1.82, 2.24) is 0 Å². The smallest absolute Gasteiger partial charge is 0.180 e. The molecule has 0 fully saturated rings. The molecular formula is C26H19FO2. The lowest BCUT2D eigenvalue weighted by molar-refractivity contribution is 0.156. The minimum atomic E-state index is -1.06. The van der Waals surface area contributed by atoms with Gasteiger partial charge in [0, 0.05) is 16.7 Å². The van der Waals surface area contributed by atoms with Gasteiger partial charge in [0.05, 0.1) is 7.11 Å². The van der Waals surface area contributed by atoms with E-state index in [2.05, 4.69) is 12.1 Å². The molecule has 0 aromatic heterocycles. The van der Waals surface area contributed by atoms with Crippen molar-refractivity contribution in [2.75, 3.05) is 7.11 Å². The molecule has 3 heteroatoms. The number of methoxy groups -OCH3 is 1. The molecule has 4 aromatic carbocycles. The molecule has 5 rings (SSSR count). The van der Waals surface area contributed by atoms with E-state index in [4.69, 9.17) is 9.47 Å². The summed E-state index contributed by atoms with van der Waals surface area (Å²) in [6.07, 6.45) is 3.99. The van der Waals surface area contributed by atoms with Crippen molar-refractivity contribution >= 4 is 16.8 Å². The van der Waals surface area contributed by atoms with E-state index in [-0.39, 0.29) is 5.82 Å². The van der Waals surface area contributed by atoms with E-state index in [1.54, 1.807) is 19.2 Å². The van der Waals surface area contributed by atoms with Gasteiger partial charge >= 0.3 is 0 Å². The Labute approximate surface area is 168 Å². The van der Waals surface area contributed by atoms with Crippen LogP contribution >= 0.6 is 0 Å². The third kappa shape index (κ3) is 2.78. The lowest BCUT2D eigenvalue weighted by atomic mass is 9.83. The quantitative estimate of drug-likeness (QED) is 0.412. The van der Waals surface area contributed by atoms with Crippen molar-refractivity contribution in [3.8, 4) is 11.5 Å². The molecule has 0 amide bonds. The number of benzene rings is 4. The molecule has 0 N–H and O–H groups in total. The largest absolute Gasteiger partial charge is 0.497 e. The molecular weight excluding hydrogens is 363 g/mol. The zero-order chi connectivity index (χ0) is 19.8. The van der Waals surface area contributed by atoms with Gasteiger partial charge in [-0.3, -0.25) is 0 Å². The van der Waals surface area contributed by atoms with Gasteiger partial charge in [0.15, 0.2) is 5.60 Å². The van der Waals surface area contributed by atoms with Crippen LogP contribution in [-0.4, -0.2) is 7.11 Å². The fourth-order valence-electron chi connectivity index (χ4n) is 4.00. The van der Waals surface area contributed by atoms with Gasteiger partial charge in [-0.2, -0.15) is 0 Å². The second-order valence-electron chi connectivity index (χ2n) is 7.08. The van der Waals surface area contributed by atoms with Crippen molar-refractivity contribution in [1.29, 1.82) is 0 Å². The Morgan fingerprint density at radius 3 is 2.38 bits per heavy atom. The Hall–Kier alpha value is -3.59. The monoisotopic (exact) mass is 382 g/mol. The summed E-state index contributed by atoms with van der Waals surface area (Å²) in [5, 5.41) is 2.25. The highest BCUT2D eigenvalue weighted by molar-refractivity contribution is 5.94. The van der Waals surface area contributed by atoms with Crippen LogP contribution in [0.4, 0.5) is 4.39 Å². The minimum Gasteiger partial charge on any atom is -0.497 e. The molecule has 29 heavy (non-hydrogen) atoms. The lowest BCUT2D eigenvalue weighted by Gasteiger charge is -2.36.